The molecule has 1 heterocycles. The second kappa shape index (κ2) is 9.66. The number of hydrogen-bond donors (Lipinski definition) is 3. The molecule has 2 aromatic rings. The van der Waals surface area contributed by atoms with Gasteiger partial charge >= 0.3 is 6.03 Å². The van der Waals surface area contributed by atoms with Crippen LogP contribution in [0.15, 0.2) is 23.4 Å². The number of H-pyrrole nitrogens is 1. The summed E-state index contributed by atoms with van der Waals surface area (Å²) in [5.41, 5.74) is 0.719. The van der Waals surface area contributed by atoms with Crippen molar-refractivity contribution < 1.29 is 19.1 Å². The normalized spacial score (nSPS) is 10.3. The molecule has 0 saturated carbocycles. The molecule has 140 valence electrons. The Morgan fingerprint density at radius 2 is 2.08 bits per heavy atom. The van der Waals surface area contributed by atoms with Crippen LogP contribution < -0.4 is 20.1 Å². The number of carbonyl (C=O) groups excluding carboxylic acids is 2. The van der Waals surface area contributed by atoms with Crippen molar-refractivity contribution in [2.75, 3.05) is 26.5 Å². The molecule has 0 bridgehead atoms. The molecule has 1 aromatic heterocycles. The molecule has 9 nitrogen and oxygen atoms in total. The lowest BCUT2D eigenvalue weighted by Crippen LogP contribution is -2.40. The van der Waals surface area contributed by atoms with E-state index in [-0.39, 0.29) is 5.75 Å². The van der Waals surface area contributed by atoms with Gasteiger partial charge in [-0.1, -0.05) is 18.7 Å². The molecule has 0 saturated heterocycles. The predicted octanol–water partition coefficient (Wildman–Crippen LogP) is 1.82. The highest BCUT2D eigenvalue weighted by molar-refractivity contribution is 7.99. The number of rotatable bonds is 8. The SMILES string of the molecule is CCCNC(=O)NC(=O)CSc1n[nH]c(-c2ccc(OC)cc2OC)n1. The van der Waals surface area contributed by atoms with E-state index < -0.39 is 11.9 Å². The van der Waals surface area contributed by atoms with Crippen molar-refractivity contribution in [1.82, 2.24) is 25.8 Å². The van der Waals surface area contributed by atoms with Crippen molar-refractivity contribution in [3.63, 3.8) is 0 Å². The molecule has 0 fully saturated rings. The summed E-state index contributed by atoms with van der Waals surface area (Å²) in [6.07, 6.45) is 0.797. The lowest BCUT2D eigenvalue weighted by Gasteiger charge is -2.07. The van der Waals surface area contributed by atoms with E-state index in [1.54, 1.807) is 32.4 Å². The summed E-state index contributed by atoms with van der Waals surface area (Å²) in [5.74, 6) is 1.36. The van der Waals surface area contributed by atoms with Crippen LogP contribution in [0.25, 0.3) is 11.4 Å². The number of hydrogen-bond acceptors (Lipinski definition) is 7. The summed E-state index contributed by atoms with van der Waals surface area (Å²) in [5, 5.41) is 12.1. The zero-order chi connectivity index (χ0) is 18.9. The zero-order valence-electron chi connectivity index (χ0n) is 14.8. The third-order valence-corrected chi connectivity index (χ3v) is 4.10. The Morgan fingerprint density at radius 1 is 1.27 bits per heavy atom. The summed E-state index contributed by atoms with van der Waals surface area (Å²) in [4.78, 5) is 27.5. The van der Waals surface area contributed by atoms with E-state index >= 15 is 0 Å². The van der Waals surface area contributed by atoms with Gasteiger partial charge in [-0.3, -0.25) is 15.2 Å². The fraction of sp³-hybridized carbons (Fsp3) is 0.375. The Balaban J connectivity index is 1.96. The highest BCUT2D eigenvalue weighted by Crippen LogP contribution is 2.31. The molecule has 0 radical (unpaired) electrons. The number of nitrogens with one attached hydrogen (secondary N) is 3. The second-order valence-electron chi connectivity index (χ2n) is 5.13. The number of thioether (sulfide) groups is 1. The van der Waals surface area contributed by atoms with Crippen molar-refractivity contribution in [2.45, 2.75) is 18.5 Å². The first kappa shape index (κ1) is 19.6. The third kappa shape index (κ3) is 5.38. The first-order valence-corrected chi connectivity index (χ1v) is 8.91. The molecular weight excluding hydrogens is 358 g/mol. The first-order chi connectivity index (χ1) is 12.6. The number of ether oxygens (including phenoxy) is 2. The van der Waals surface area contributed by atoms with Crippen LogP contribution in [0, 0.1) is 0 Å². The average Bonchev–Trinajstić information content (AvgIpc) is 3.12. The molecule has 1 aromatic carbocycles. The number of aromatic nitrogens is 3. The maximum atomic E-state index is 11.7. The summed E-state index contributed by atoms with van der Waals surface area (Å²) >= 11 is 1.12. The minimum absolute atomic E-state index is 0.0244. The molecule has 26 heavy (non-hydrogen) atoms. The van der Waals surface area contributed by atoms with Gasteiger partial charge in [0.25, 0.3) is 0 Å². The molecule has 0 aliphatic rings. The van der Waals surface area contributed by atoms with Crippen LogP contribution in [0.1, 0.15) is 13.3 Å². The van der Waals surface area contributed by atoms with Crippen molar-refractivity contribution in [1.29, 1.82) is 0 Å². The van der Waals surface area contributed by atoms with Crippen LogP contribution in [-0.4, -0.2) is 53.6 Å². The molecule has 3 amide bonds. The van der Waals surface area contributed by atoms with E-state index in [9.17, 15) is 9.59 Å². The van der Waals surface area contributed by atoms with Gasteiger partial charge in [0.2, 0.25) is 11.1 Å². The zero-order valence-corrected chi connectivity index (χ0v) is 15.6. The van der Waals surface area contributed by atoms with Crippen molar-refractivity contribution >= 4 is 23.7 Å². The van der Waals surface area contributed by atoms with Crippen LogP contribution in [0.4, 0.5) is 4.79 Å². The number of aromatic amines is 1. The Bertz CT molecular complexity index is 765. The van der Waals surface area contributed by atoms with Crippen LogP contribution in [-0.2, 0) is 4.79 Å². The van der Waals surface area contributed by atoms with E-state index in [0.29, 0.717) is 29.0 Å². The fourth-order valence-electron chi connectivity index (χ4n) is 2.00. The molecule has 10 heteroatoms. The predicted molar refractivity (Wildman–Crippen MR) is 97.5 cm³/mol. The van der Waals surface area contributed by atoms with Gasteiger partial charge in [-0.25, -0.2) is 9.78 Å². The summed E-state index contributed by atoms with van der Waals surface area (Å²) in [6.45, 7) is 2.44. The lowest BCUT2D eigenvalue weighted by atomic mass is 10.2. The number of amides is 3. The van der Waals surface area contributed by atoms with E-state index in [2.05, 4.69) is 25.8 Å². The molecule has 0 aliphatic carbocycles. The Morgan fingerprint density at radius 3 is 2.77 bits per heavy atom. The maximum Gasteiger partial charge on any atom is 0.321 e. The smallest absolute Gasteiger partial charge is 0.321 e. The van der Waals surface area contributed by atoms with Gasteiger partial charge in [-0.05, 0) is 18.6 Å². The van der Waals surface area contributed by atoms with Crippen LogP contribution >= 0.6 is 11.8 Å². The fourth-order valence-corrected chi connectivity index (χ4v) is 2.60. The first-order valence-electron chi connectivity index (χ1n) is 7.92. The van der Waals surface area contributed by atoms with Gasteiger partial charge in [-0.15, -0.1) is 5.10 Å². The van der Waals surface area contributed by atoms with E-state index in [0.717, 1.165) is 23.7 Å². The maximum absolute atomic E-state index is 11.7. The molecule has 0 unspecified atom stereocenters. The van der Waals surface area contributed by atoms with Crippen LogP contribution in [0.5, 0.6) is 11.5 Å². The van der Waals surface area contributed by atoms with Crippen molar-refractivity contribution in [3.05, 3.63) is 18.2 Å². The second-order valence-corrected chi connectivity index (χ2v) is 6.07. The third-order valence-electron chi connectivity index (χ3n) is 3.25. The topological polar surface area (TPSA) is 118 Å². The monoisotopic (exact) mass is 379 g/mol. The van der Waals surface area contributed by atoms with E-state index in [1.807, 2.05) is 6.92 Å². The number of benzene rings is 1. The number of urea groups is 1. The van der Waals surface area contributed by atoms with Gasteiger partial charge < -0.3 is 14.8 Å². The number of methoxy groups -OCH3 is 2. The molecular formula is C16H21N5O4S. The summed E-state index contributed by atoms with van der Waals surface area (Å²) in [6, 6.07) is 4.83. The van der Waals surface area contributed by atoms with Crippen LogP contribution in [0.2, 0.25) is 0 Å². The average molecular weight is 379 g/mol. The molecule has 2 rings (SSSR count). The Labute approximate surface area is 155 Å². The van der Waals surface area contributed by atoms with Gasteiger partial charge in [0.15, 0.2) is 5.82 Å². The minimum Gasteiger partial charge on any atom is -0.497 e. The number of nitrogens with zero attached hydrogens (tertiary/aromatic N) is 2. The number of carbonyl (C=O) groups is 2. The van der Waals surface area contributed by atoms with Gasteiger partial charge in [0.1, 0.15) is 11.5 Å². The highest BCUT2D eigenvalue weighted by atomic mass is 32.2. The molecule has 0 spiro atoms. The van der Waals surface area contributed by atoms with Crippen molar-refractivity contribution in [2.24, 2.45) is 0 Å². The standard InChI is InChI=1S/C16H21N5O4S/c1-4-7-17-15(23)18-13(22)9-26-16-19-14(20-21-16)11-6-5-10(24-2)8-12(11)25-3/h5-6,8H,4,7,9H2,1-3H3,(H,19,20,21)(H2,17,18,22,23). The molecule has 0 atom stereocenters. The minimum atomic E-state index is -0.504. The van der Waals surface area contributed by atoms with Crippen molar-refractivity contribution in [3.8, 4) is 22.9 Å². The van der Waals surface area contributed by atoms with E-state index in [4.69, 9.17) is 9.47 Å². The molecule has 0 aliphatic heterocycles. The summed E-state index contributed by atoms with van der Waals surface area (Å²) < 4.78 is 10.5. The van der Waals surface area contributed by atoms with Gasteiger partial charge in [-0.2, -0.15) is 0 Å². The van der Waals surface area contributed by atoms with Gasteiger partial charge in [0.05, 0.1) is 25.5 Å². The lowest BCUT2D eigenvalue weighted by molar-refractivity contribution is -0.117. The molecule has 3 N–H and O–H groups in total. The summed E-state index contributed by atoms with van der Waals surface area (Å²) in [7, 11) is 3.13. The Hall–Kier alpha value is -2.75. The van der Waals surface area contributed by atoms with Gasteiger partial charge in [0, 0.05) is 12.6 Å². The number of imide groups is 1. The largest absolute Gasteiger partial charge is 0.497 e. The quantitative estimate of drug-likeness (QED) is 0.599. The van der Waals surface area contributed by atoms with E-state index in [1.165, 1.54) is 0 Å². The Kier molecular flexibility index (Phi) is 7.27. The highest BCUT2D eigenvalue weighted by Gasteiger charge is 2.14. The van der Waals surface area contributed by atoms with Crippen LogP contribution in [0.3, 0.4) is 0 Å².